The van der Waals surface area contributed by atoms with E-state index >= 15 is 0 Å². The van der Waals surface area contributed by atoms with Crippen LogP contribution in [-0.2, 0) is 23.3 Å². The van der Waals surface area contributed by atoms with Crippen LogP contribution in [0, 0.1) is 19.9 Å². The first-order valence-electron chi connectivity index (χ1n) is 9.48. The Kier molecular flexibility index (Phi) is 7.34. The first-order chi connectivity index (χ1) is 12.6. The third kappa shape index (κ3) is 5.44. The van der Waals surface area contributed by atoms with Crippen LogP contribution in [0.3, 0.4) is 0 Å². The van der Waals surface area contributed by atoms with E-state index in [1.807, 2.05) is 35.5 Å². The van der Waals surface area contributed by atoms with Gasteiger partial charge in [0.1, 0.15) is 0 Å². The van der Waals surface area contributed by atoms with Crippen molar-refractivity contribution < 1.29 is 23.3 Å². The fourth-order valence-electron chi connectivity index (χ4n) is 3.40. The second-order valence-corrected chi connectivity index (χ2v) is 14.6. The van der Waals surface area contributed by atoms with Gasteiger partial charge < -0.3 is 0 Å². The summed E-state index contributed by atoms with van der Waals surface area (Å²) in [6.45, 7) is 4.28. The van der Waals surface area contributed by atoms with Crippen molar-refractivity contribution in [1.82, 2.24) is 0 Å². The number of fused-ring (bicyclic) bond motifs is 3. The molecule has 1 aliphatic carbocycles. The molecule has 0 radical (unpaired) electrons. The summed E-state index contributed by atoms with van der Waals surface area (Å²) in [7, 11) is 0. The molecule has 26 heavy (non-hydrogen) atoms. The van der Waals surface area contributed by atoms with Gasteiger partial charge in [-0.25, -0.2) is 12.2 Å². The molecular formula is C24H26SiZr. The molecule has 0 unspecified atom stereocenters. The maximum absolute atomic E-state index is 2.99. The average Bonchev–Trinajstić information content (AvgIpc) is 3.37. The van der Waals surface area contributed by atoms with Crippen LogP contribution in [0.15, 0.2) is 60.7 Å². The molecule has 1 fully saturated rings. The predicted octanol–water partition coefficient (Wildman–Crippen LogP) is 6.95. The minimum absolute atomic E-state index is 0.333. The van der Waals surface area contributed by atoms with E-state index in [0.717, 1.165) is 6.42 Å². The minimum atomic E-state index is 0.333. The standard InChI is InChI=1S/C15H13.C5H5.C4H8Si.Zr/c1-10-3-5-14-12(7-10)9-13-8-11(2)4-6-15(13)14;2*1-2-4-5-3-1;/h3-9H,1-2H3;1-3H,4H2;1-4H2;/q2*-1;;+2. The molecule has 2 aliphatic rings. The summed E-state index contributed by atoms with van der Waals surface area (Å²) in [5, 5.41) is 5.46. The van der Waals surface area contributed by atoms with Gasteiger partial charge in [-0.15, -0.1) is 46.2 Å². The van der Waals surface area contributed by atoms with Crippen molar-refractivity contribution in [3.63, 3.8) is 0 Å². The molecule has 1 heterocycles. The molecule has 3 aromatic carbocycles. The molecule has 3 aromatic rings. The van der Waals surface area contributed by atoms with E-state index in [9.17, 15) is 0 Å². The van der Waals surface area contributed by atoms with Crippen LogP contribution in [0.5, 0.6) is 0 Å². The fourth-order valence-corrected chi connectivity index (χ4v) is 7.61. The molecule has 0 amide bonds. The quantitative estimate of drug-likeness (QED) is 0.266. The summed E-state index contributed by atoms with van der Waals surface area (Å²) in [5.74, 6) is 0. The number of aryl methyl sites for hydroxylation is 2. The van der Waals surface area contributed by atoms with Gasteiger partial charge in [-0.1, -0.05) is 35.4 Å². The topological polar surface area (TPSA) is 0 Å². The van der Waals surface area contributed by atoms with Gasteiger partial charge >= 0.3 is 53.7 Å². The van der Waals surface area contributed by atoms with Crippen LogP contribution in [0.1, 0.15) is 30.4 Å². The van der Waals surface area contributed by atoms with E-state index in [-0.39, 0.29) is 0 Å². The van der Waals surface area contributed by atoms with Crippen molar-refractivity contribution in [2.75, 3.05) is 0 Å². The van der Waals surface area contributed by atoms with Crippen LogP contribution in [-0.4, -0.2) is 5.43 Å². The number of hydrogen-bond acceptors (Lipinski definition) is 0. The van der Waals surface area contributed by atoms with Crippen LogP contribution < -0.4 is 0 Å². The van der Waals surface area contributed by atoms with Gasteiger partial charge in [0.25, 0.3) is 0 Å². The van der Waals surface area contributed by atoms with E-state index in [1.54, 1.807) is 24.9 Å². The zero-order valence-electron chi connectivity index (χ0n) is 15.8. The molecule has 0 saturated carbocycles. The van der Waals surface area contributed by atoms with Crippen LogP contribution >= 0.6 is 0 Å². The molecule has 1 aliphatic heterocycles. The summed E-state index contributed by atoms with van der Waals surface area (Å²) < 4.78 is 0. The second kappa shape index (κ2) is 9.72. The van der Waals surface area contributed by atoms with Gasteiger partial charge in [0.2, 0.25) is 0 Å². The molecule has 130 valence electrons. The second-order valence-electron chi connectivity index (χ2n) is 7.14. The van der Waals surface area contributed by atoms with Crippen LogP contribution in [0.2, 0.25) is 12.1 Å². The average molecular weight is 434 g/mol. The Labute approximate surface area is 172 Å². The van der Waals surface area contributed by atoms with Crippen molar-refractivity contribution in [3.05, 3.63) is 77.9 Å². The summed E-state index contributed by atoms with van der Waals surface area (Å²) in [5.41, 5.74) is 2.99. The zero-order valence-corrected chi connectivity index (χ0v) is 19.3. The van der Waals surface area contributed by atoms with Crippen molar-refractivity contribution >= 4 is 27.0 Å². The fraction of sp³-hybridized carbons (Fsp3) is 0.292. The van der Waals surface area contributed by atoms with Gasteiger partial charge in [0.05, 0.1) is 0 Å². The van der Waals surface area contributed by atoms with Crippen LogP contribution in [0.4, 0.5) is 0 Å². The van der Waals surface area contributed by atoms with Gasteiger partial charge in [-0.2, -0.15) is 6.08 Å². The number of rotatable bonds is 0. The van der Waals surface area contributed by atoms with Crippen LogP contribution in [0.25, 0.3) is 21.5 Å². The Balaban J connectivity index is 0.000000146. The molecule has 5 rings (SSSR count). The summed E-state index contributed by atoms with van der Waals surface area (Å²) in [6, 6.07) is 18.9. The monoisotopic (exact) mass is 432 g/mol. The van der Waals surface area contributed by atoms with Crippen molar-refractivity contribution in [2.45, 2.75) is 45.2 Å². The third-order valence-electron chi connectivity index (χ3n) is 4.81. The number of allylic oxidation sites excluding steroid dienone is 4. The Bertz CT molecular complexity index is 885. The Morgan fingerprint density at radius 2 is 1.50 bits per heavy atom. The molecule has 1 saturated heterocycles. The van der Waals surface area contributed by atoms with E-state index in [0.29, 0.717) is 5.43 Å². The SMILES string of the molecule is Cc1ccc2c(c1)[cH-]c1cc(C)ccc12.[C-]1=CC=CC1.[Zr+2]=[Si]1CCCC1. The van der Waals surface area contributed by atoms with E-state index in [4.69, 9.17) is 0 Å². The zero-order chi connectivity index (χ0) is 18.4. The first kappa shape index (κ1) is 19.6. The molecule has 0 spiro atoms. The Morgan fingerprint density at radius 3 is 1.85 bits per heavy atom. The molecule has 0 nitrogen and oxygen atoms in total. The van der Waals surface area contributed by atoms with Crippen molar-refractivity contribution in [1.29, 1.82) is 0 Å². The summed E-state index contributed by atoms with van der Waals surface area (Å²) in [6.07, 6.45) is 13.1. The molecule has 0 bridgehead atoms. The summed E-state index contributed by atoms with van der Waals surface area (Å²) in [4.78, 5) is 0. The van der Waals surface area contributed by atoms with E-state index < -0.39 is 0 Å². The molecule has 0 aromatic heterocycles. The maximum atomic E-state index is 2.99. The third-order valence-corrected chi connectivity index (χ3v) is 10.4. The van der Waals surface area contributed by atoms with Gasteiger partial charge in [-0.05, 0) is 13.8 Å². The van der Waals surface area contributed by atoms with Gasteiger partial charge in [-0.3, -0.25) is 6.08 Å². The molecule has 0 atom stereocenters. The number of hydrogen-bond donors (Lipinski definition) is 0. The normalized spacial score (nSPS) is 15.2. The van der Waals surface area contributed by atoms with Crippen molar-refractivity contribution in [2.24, 2.45) is 0 Å². The Hall–Kier alpha value is -1.11. The number of benzene rings is 2. The van der Waals surface area contributed by atoms with E-state index in [1.165, 1.54) is 32.7 Å². The first-order valence-corrected chi connectivity index (χ1v) is 15.1. The predicted molar refractivity (Wildman–Crippen MR) is 113 cm³/mol. The molecular weight excluding hydrogens is 408 g/mol. The van der Waals surface area contributed by atoms with E-state index in [2.05, 4.69) is 68.5 Å². The summed E-state index contributed by atoms with van der Waals surface area (Å²) >= 11 is 1.87. The van der Waals surface area contributed by atoms with Crippen molar-refractivity contribution in [3.8, 4) is 0 Å². The molecule has 0 N–H and O–H groups in total. The Morgan fingerprint density at radius 1 is 0.923 bits per heavy atom. The van der Waals surface area contributed by atoms with Gasteiger partial charge in [0.15, 0.2) is 0 Å². The van der Waals surface area contributed by atoms with Gasteiger partial charge in [0, 0.05) is 0 Å². The molecule has 2 heteroatoms.